The van der Waals surface area contributed by atoms with Crippen LogP contribution in [0.4, 0.5) is 0 Å². The van der Waals surface area contributed by atoms with Gasteiger partial charge in [0.05, 0.1) is 22.7 Å². The van der Waals surface area contributed by atoms with E-state index in [2.05, 4.69) is 0 Å². The van der Waals surface area contributed by atoms with Crippen LogP contribution < -0.4 is 0 Å². The molecule has 0 spiro atoms. The molecule has 3 rings (SSSR count). The third-order valence-electron chi connectivity index (χ3n) is 4.91. The number of benzene rings is 1. The molecule has 122 valence electrons. The average molecular weight is 334 g/mol. The molecule has 1 fully saturated rings. The Morgan fingerprint density at radius 2 is 1.96 bits per heavy atom. The maximum absolute atomic E-state index is 13.2. The molecule has 0 heterocycles. The van der Waals surface area contributed by atoms with Gasteiger partial charge in [0.25, 0.3) is 0 Å². The van der Waals surface area contributed by atoms with Crippen molar-refractivity contribution < 1.29 is 22.7 Å². The highest BCUT2D eigenvalue weighted by atomic mass is 32.2. The van der Waals surface area contributed by atoms with Crippen LogP contribution in [-0.2, 0) is 24.2 Å². The molecule has 0 aromatic heterocycles. The van der Waals surface area contributed by atoms with Crippen molar-refractivity contribution in [1.29, 1.82) is 0 Å². The Labute approximate surface area is 135 Å². The predicted octanol–water partition coefficient (Wildman–Crippen LogP) is 1.93. The van der Waals surface area contributed by atoms with Crippen LogP contribution in [0.5, 0.6) is 0 Å². The molecule has 5 nitrogen and oxygen atoms in total. The van der Waals surface area contributed by atoms with E-state index in [0.717, 1.165) is 0 Å². The van der Waals surface area contributed by atoms with E-state index < -0.39 is 32.4 Å². The van der Waals surface area contributed by atoms with E-state index in [1.807, 2.05) is 0 Å². The summed E-state index contributed by atoms with van der Waals surface area (Å²) in [6, 6.07) is 8.19. The highest BCUT2D eigenvalue weighted by Crippen LogP contribution is 2.51. The number of fused-ring (bicyclic) bond motifs is 1. The van der Waals surface area contributed by atoms with E-state index in [0.29, 0.717) is 6.42 Å². The van der Waals surface area contributed by atoms with Crippen molar-refractivity contribution in [3.63, 3.8) is 0 Å². The predicted molar refractivity (Wildman–Crippen MR) is 83.4 cm³/mol. The molecule has 1 aromatic rings. The minimum absolute atomic E-state index is 0.0978. The minimum atomic E-state index is -3.71. The molecule has 0 aliphatic heterocycles. The summed E-state index contributed by atoms with van der Waals surface area (Å²) < 4.78 is 30.1. The molecule has 2 aliphatic rings. The first-order chi connectivity index (χ1) is 10.9. The van der Waals surface area contributed by atoms with Crippen molar-refractivity contribution in [3.8, 4) is 0 Å². The number of ketones is 1. The van der Waals surface area contributed by atoms with Crippen LogP contribution in [0.25, 0.3) is 0 Å². The molecule has 0 radical (unpaired) electrons. The molecule has 0 bridgehead atoms. The number of rotatable bonds is 3. The Bertz CT molecular complexity index is 765. The van der Waals surface area contributed by atoms with Crippen LogP contribution in [-0.4, -0.2) is 32.0 Å². The summed E-state index contributed by atoms with van der Waals surface area (Å²) in [7, 11) is -2.41. The molecule has 2 aliphatic carbocycles. The van der Waals surface area contributed by atoms with Gasteiger partial charge in [-0.1, -0.05) is 24.3 Å². The highest BCUT2D eigenvalue weighted by molar-refractivity contribution is 7.93. The lowest BCUT2D eigenvalue weighted by molar-refractivity contribution is -0.145. The van der Waals surface area contributed by atoms with Gasteiger partial charge in [-0.2, -0.15) is 0 Å². The molecule has 3 atom stereocenters. The van der Waals surface area contributed by atoms with E-state index in [1.54, 1.807) is 30.3 Å². The number of ether oxygens (including phenoxy) is 1. The fourth-order valence-electron chi connectivity index (χ4n) is 3.77. The third-order valence-corrected chi connectivity index (χ3v) is 7.44. The largest absolute Gasteiger partial charge is 0.469 e. The fraction of sp³-hybridized carbons (Fsp3) is 0.412. The summed E-state index contributed by atoms with van der Waals surface area (Å²) in [6.45, 7) is 0. The SMILES string of the molecule is COC(=O)C1C[C@H]2CC(=O)C=C[C@@]2(S(=O)(=O)c2ccccc2)C1. The van der Waals surface area contributed by atoms with Crippen molar-refractivity contribution in [2.24, 2.45) is 11.8 Å². The van der Waals surface area contributed by atoms with Crippen LogP contribution in [0.2, 0.25) is 0 Å². The van der Waals surface area contributed by atoms with E-state index in [4.69, 9.17) is 4.74 Å². The Kier molecular flexibility index (Phi) is 3.88. The van der Waals surface area contributed by atoms with Gasteiger partial charge in [-0.05, 0) is 37.0 Å². The van der Waals surface area contributed by atoms with Crippen LogP contribution in [0.15, 0.2) is 47.4 Å². The molecule has 1 aromatic carbocycles. The lowest BCUT2D eigenvalue weighted by Gasteiger charge is -2.34. The van der Waals surface area contributed by atoms with Gasteiger partial charge in [-0.3, -0.25) is 9.59 Å². The standard InChI is InChI=1S/C17H18O5S/c1-22-16(19)12-9-13-10-14(18)7-8-17(13,11-12)23(20,21)15-5-3-2-4-6-15/h2-8,12-13H,9-11H2,1H3/t12?,13-,17+/m0/s1. The third kappa shape index (κ3) is 2.41. The van der Waals surface area contributed by atoms with Crippen molar-refractivity contribution in [3.05, 3.63) is 42.5 Å². The number of hydrogen-bond acceptors (Lipinski definition) is 5. The summed E-state index contributed by atoms with van der Waals surface area (Å²) in [4.78, 5) is 23.9. The van der Waals surface area contributed by atoms with Crippen molar-refractivity contribution in [1.82, 2.24) is 0 Å². The van der Waals surface area contributed by atoms with E-state index in [1.165, 1.54) is 19.3 Å². The number of methoxy groups -OCH3 is 1. The van der Waals surface area contributed by atoms with Gasteiger partial charge in [-0.15, -0.1) is 0 Å². The smallest absolute Gasteiger partial charge is 0.308 e. The van der Waals surface area contributed by atoms with Gasteiger partial charge in [0.1, 0.15) is 0 Å². The normalized spacial score (nSPS) is 30.0. The first kappa shape index (κ1) is 15.9. The molecule has 6 heteroatoms. The minimum Gasteiger partial charge on any atom is -0.469 e. The van der Waals surface area contributed by atoms with Gasteiger partial charge in [0.15, 0.2) is 15.6 Å². The molecular weight excluding hydrogens is 316 g/mol. The zero-order valence-corrected chi connectivity index (χ0v) is 13.6. The number of carbonyl (C=O) groups is 2. The second-order valence-electron chi connectivity index (χ2n) is 6.13. The first-order valence-electron chi connectivity index (χ1n) is 7.50. The van der Waals surface area contributed by atoms with Crippen molar-refractivity contribution in [2.75, 3.05) is 7.11 Å². The summed E-state index contributed by atoms with van der Waals surface area (Å²) in [5.41, 5.74) is 0. The molecule has 0 N–H and O–H groups in total. The zero-order valence-electron chi connectivity index (χ0n) is 12.8. The van der Waals surface area contributed by atoms with Crippen molar-refractivity contribution in [2.45, 2.75) is 28.9 Å². The number of esters is 1. The van der Waals surface area contributed by atoms with Gasteiger partial charge >= 0.3 is 5.97 Å². The highest BCUT2D eigenvalue weighted by Gasteiger charge is 2.58. The molecule has 23 heavy (non-hydrogen) atoms. The van der Waals surface area contributed by atoms with Gasteiger partial charge in [0, 0.05) is 6.42 Å². The van der Waals surface area contributed by atoms with E-state index >= 15 is 0 Å². The van der Waals surface area contributed by atoms with Gasteiger partial charge in [0.2, 0.25) is 0 Å². The van der Waals surface area contributed by atoms with Crippen molar-refractivity contribution >= 4 is 21.6 Å². The monoisotopic (exact) mass is 334 g/mol. The van der Waals surface area contributed by atoms with E-state index in [9.17, 15) is 18.0 Å². The average Bonchev–Trinajstić information content (AvgIpc) is 2.95. The van der Waals surface area contributed by atoms with Crippen LogP contribution in [0.3, 0.4) is 0 Å². The number of allylic oxidation sites excluding steroid dienone is 1. The fourth-order valence-corrected chi connectivity index (χ4v) is 6.01. The Morgan fingerprint density at radius 3 is 2.61 bits per heavy atom. The number of carbonyl (C=O) groups excluding carboxylic acids is 2. The second kappa shape index (κ2) is 5.60. The number of sulfone groups is 1. The molecule has 1 saturated carbocycles. The maximum Gasteiger partial charge on any atom is 0.308 e. The lowest BCUT2D eigenvalue weighted by Crippen LogP contribution is -2.43. The molecule has 0 amide bonds. The Morgan fingerprint density at radius 1 is 1.26 bits per heavy atom. The zero-order chi connectivity index (χ0) is 16.7. The topological polar surface area (TPSA) is 77.5 Å². The lowest BCUT2D eigenvalue weighted by atomic mass is 9.85. The maximum atomic E-state index is 13.2. The van der Waals surface area contributed by atoms with Crippen LogP contribution in [0.1, 0.15) is 19.3 Å². The Hall–Kier alpha value is -1.95. The molecule has 1 unspecified atom stereocenters. The Balaban J connectivity index is 2.10. The van der Waals surface area contributed by atoms with Crippen LogP contribution in [0, 0.1) is 11.8 Å². The van der Waals surface area contributed by atoms with E-state index in [-0.39, 0.29) is 23.5 Å². The number of hydrogen-bond donors (Lipinski definition) is 0. The quantitative estimate of drug-likeness (QED) is 0.789. The van der Waals surface area contributed by atoms with Crippen LogP contribution >= 0.6 is 0 Å². The second-order valence-corrected chi connectivity index (χ2v) is 8.37. The summed E-state index contributed by atoms with van der Waals surface area (Å²) >= 11 is 0. The van der Waals surface area contributed by atoms with Gasteiger partial charge < -0.3 is 4.74 Å². The first-order valence-corrected chi connectivity index (χ1v) is 8.98. The summed E-state index contributed by atoms with van der Waals surface area (Å²) in [5, 5.41) is 0. The molecular formula is C17H18O5S. The van der Waals surface area contributed by atoms with Gasteiger partial charge in [-0.25, -0.2) is 8.42 Å². The molecule has 0 saturated heterocycles. The summed E-state index contributed by atoms with van der Waals surface area (Å²) in [5.74, 6) is -1.41. The summed E-state index contributed by atoms with van der Waals surface area (Å²) in [6.07, 6.45) is 3.50.